The number of amides is 2. The van der Waals surface area contributed by atoms with Gasteiger partial charge in [0.05, 0.1) is 19.1 Å². The number of likely N-dealkylation sites (tertiary alicyclic amines) is 1. The number of aliphatic carboxylic acids is 1. The highest BCUT2D eigenvalue weighted by atomic mass is 16.5. The highest BCUT2D eigenvalue weighted by Gasteiger charge is 2.38. The Balaban J connectivity index is 1.83. The lowest BCUT2D eigenvalue weighted by atomic mass is 10.0. The van der Waals surface area contributed by atoms with Crippen molar-refractivity contribution in [3.63, 3.8) is 0 Å². The molecule has 2 amide bonds. The van der Waals surface area contributed by atoms with Gasteiger partial charge in [-0.15, -0.1) is 0 Å². The molecule has 7 heteroatoms. The van der Waals surface area contributed by atoms with Gasteiger partial charge in [-0.2, -0.15) is 0 Å². The molecule has 0 aromatic heterocycles. The Kier molecular flexibility index (Phi) is 4.46. The van der Waals surface area contributed by atoms with Gasteiger partial charge in [0.1, 0.15) is 0 Å². The van der Waals surface area contributed by atoms with Crippen molar-refractivity contribution < 1.29 is 24.2 Å². The molecule has 0 bridgehead atoms. The monoisotopic (exact) mass is 284 g/mol. The Morgan fingerprint density at radius 2 is 1.90 bits per heavy atom. The molecular weight excluding hydrogens is 264 g/mol. The highest BCUT2D eigenvalue weighted by molar-refractivity contribution is 5.81. The first-order chi connectivity index (χ1) is 9.51. The number of rotatable bonds is 3. The molecule has 2 rings (SSSR count). The first-order valence-electron chi connectivity index (χ1n) is 6.87. The number of hydrogen-bond acceptors (Lipinski definition) is 4. The van der Waals surface area contributed by atoms with Gasteiger partial charge in [-0.05, 0) is 25.7 Å². The van der Waals surface area contributed by atoms with Crippen LogP contribution in [-0.4, -0.2) is 54.2 Å². The van der Waals surface area contributed by atoms with Crippen molar-refractivity contribution in [2.45, 2.75) is 31.7 Å². The summed E-state index contributed by atoms with van der Waals surface area (Å²) in [7, 11) is 1.30. The van der Waals surface area contributed by atoms with E-state index in [-0.39, 0.29) is 17.9 Å². The number of ether oxygens (including phenoxy) is 1. The second-order valence-corrected chi connectivity index (χ2v) is 5.45. The zero-order chi connectivity index (χ0) is 14.7. The summed E-state index contributed by atoms with van der Waals surface area (Å²) < 4.78 is 4.53. The summed E-state index contributed by atoms with van der Waals surface area (Å²) in [5, 5.41) is 11.6. The number of nitrogens with zero attached hydrogens (tertiary/aromatic N) is 1. The van der Waals surface area contributed by atoms with Crippen molar-refractivity contribution in [2.75, 3.05) is 20.2 Å². The van der Waals surface area contributed by atoms with E-state index in [2.05, 4.69) is 10.1 Å². The van der Waals surface area contributed by atoms with Crippen LogP contribution >= 0.6 is 0 Å². The minimum Gasteiger partial charge on any atom is -0.481 e. The lowest BCUT2D eigenvalue weighted by Crippen LogP contribution is -2.39. The van der Waals surface area contributed by atoms with E-state index in [0.29, 0.717) is 38.8 Å². The summed E-state index contributed by atoms with van der Waals surface area (Å²) in [6.45, 7) is 1.07. The average Bonchev–Trinajstić information content (AvgIpc) is 3.06. The van der Waals surface area contributed by atoms with E-state index in [9.17, 15) is 14.4 Å². The average molecular weight is 284 g/mol. The molecule has 1 aliphatic carbocycles. The van der Waals surface area contributed by atoms with Crippen molar-refractivity contribution in [1.29, 1.82) is 0 Å². The fourth-order valence-electron chi connectivity index (χ4n) is 2.99. The van der Waals surface area contributed by atoms with Gasteiger partial charge in [0.25, 0.3) is 0 Å². The number of methoxy groups -OCH3 is 1. The van der Waals surface area contributed by atoms with Gasteiger partial charge in [-0.1, -0.05) is 0 Å². The van der Waals surface area contributed by atoms with Crippen LogP contribution in [0.3, 0.4) is 0 Å². The van der Waals surface area contributed by atoms with Gasteiger partial charge < -0.3 is 20.1 Å². The molecule has 112 valence electrons. The molecule has 7 nitrogen and oxygen atoms in total. The number of carboxylic acid groups (broad SMARTS) is 1. The maximum atomic E-state index is 12.3. The molecule has 2 aliphatic rings. The van der Waals surface area contributed by atoms with Crippen LogP contribution < -0.4 is 5.32 Å². The van der Waals surface area contributed by atoms with Crippen molar-refractivity contribution in [2.24, 2.45) is 11.8 Å². The van der Waals surface area contributed by atoms with E-state index >= 15 is 0 Å². The number of alkyl carbamates (subject to hydrolysis) is 1. The minimum atomic E-state index is -0.813. The molecule has 1 heterocycles. The van der Waals surface area contributed by atoms with E-state index in [1.807, 2.05) is 0 Å². The molecule has 0 aromatic rings. The molecule has 0 spiro atoms. The van der Waals surface area contributed by atoms with Crippen molar-refractivity contribution in [1.82, 2.24) is 10.2 Å². The van der Waals surface area contributed by atoms with E-state index in [4.69, 9.17) is 5.11 Å². The van der Waals surface area contributed by atoms with Gasteiger partial charge in [0.2, 0.25) is 5.91 Å². The first kappa shape index (κ1) is 14.6. The van der Waals surface area contributed by atoms with Crippen molar-refractivity contribution in [3.05, 3.63) is 0 Å². The van der Waals surface area contributed by atoms with Crippen LogP contribution in [0.25, 0.3) is 0 Å². The van der Waals surface area contributed by atoms with Gasteiger partial charge in [0.15, 0.2) is 0 Å². The van der Waals surface area contributed by atoms with Gasteiger partial charge >= 0.3 is 12.1 Å². The first-order valence-corrected chi connectivity index (χ1v) is 6.87. The summed E-state index contributed by atoms with van der Waals surface area (Å²) in [4.78, 5) is 36.1. The van der Waals surface area contributed by atoms with E-state index in [1.165, 1.54) is 7.11 Å². The summed E-state index contributed by atoms with van der Waals surface area (Å²) in [5.41, 5.74) is 0. The highest BCUT2D eigenvalue weighted by Crippen LogP contribution is 2.33. The maximum absolute atomic E-state index is 12.3. The van der Waals surface area contributed by atoms with Gasteiger partial charge in [-0.25, -0.2) is 4.79 Å². The fraction of sp³-hybridized carbons (Fsp3) is 0.769. The van der Waals surface area contributed by atoms with E-state index in [0.717, 1.165) is 0 Å². The maximum Gasteiger partial charge on any atom is 0.407 e. The van der Waals surface area contributed by atoms with Crippen LogP contribution in [0, 0.1) is 11.8 Å². The number of carbonyl (C=O) groups excluding carboxylic acids is 2. The van der Waals surface area contributed by atoms with Crippen LogP contribution in [0.2, 0.25) is 0 Å². The van der Waals surface area contributed by atoms with Crippen LogP contribution in [0.4, 0.5) is 4.79 Å². The molecule has 1 saturated carbocycles. The fourth-order valence-corrected chi connectivity index (χ4v) is 2.99. The van der Waals surface area contributed by atoms with E-state index < -0.39 is 18.0 Å². The number of nitrogens with one attached hydrogen (secondary N) is 1. The van der Waals surface area contributed by atoms with Gasteiger partial charge in [-0.3, -0.25) is 9.59 Å². The van der Waals surface area contributed by atoms with Crippen LogP contribution in [0.5, 0.6) is 0 Å². The van der Waals surface area contributed by atoms with E-state index in [1.54, 1.807) is 4.90 Å². The summed E-state index contributed by atoms with van der Waals surface area (Å²) >= 11 is 0. The lowest BCUT2D eigenvalue weighted by molar-refractivity contribution is -0.141. The third-order valence-corrected chi connectivity index (χ3v) is 4.14. The van der Waals surface area contributed by atoms with Crippen molar-refractivity contribution >= 4 is 18.0 Å². The van der Waals surface area contributed by atoms with Crippen LogP contribution in [0.15, 0.2) is 0 Å². The zero-order valence-corrected chi connectivity index (χ0v) is 11.5. The lowest BCUT2D eigenvalue weighted by Gasteiger charge is -2.20. The molecule has 1 saturated heterocycles. The second kappa shape index (κ2) is 6.11. The minimum absolute atomic E-state index is 0.0166. The van der Waals surface area contributed by atoms with Crippen molar-refractivity contribution in [3.8, 4) is 0 Å². The predicted octanol–water partition coefficient (Wildman–Crippen LogP) is 0.444. The molecular formula is C13H20N2O5. The summed E-state index contributed by atoms with van der Waals surface area (Å²) in [6.07, 6.45) is 1.86. The Labute approximate surface area is 117 Å². The summed E-state index contributed by atoms with van der Waals surface area (Å²) in [6, 6.07) is -0.0805. The third-order valence-electron chi connectivity index (χ3n) is 4.14. The Morgan fingerprint density at radius 3 is 2.50 bits per heavy atom. The standard InChI is InChI=1S/C13H20N2O5/c1-20-13(19)14-10-4-5-15(7-10)11(16)8-2-3-9(6-8)12(17)18/h8-10H,2-7H2,1H3,(H,14,19)(H,17,18). The predicted molar refractivity (Wildman–Crippen MR) is 69.0 cm³/mol. The topological polar surface area (TPSA) is 95.9 Å². The third kappa shape index (κ3) is 3.20. The van der Waals surface area contributed by atoms with Gasteiger partial charge in [0, 0.05) is 19.0 Å². The molecule has 0 aromatic carbocycles. The molecule has 0 radical (unpaired) electrons. The molecule has 2 N–H and O–H groups in total. The number of carboxylic acids is 1. The van der Waals surface area contributed by atoms with Crippen LogP contribution in [-0.2, 0) is 14.3 Å². The number of carbonyl (C=O) groups is 3. The second-order valence-electron chi connectivity index (χ2n) is 5.45. The molecule has 3 atom stereocenters. The molecule has 1 aliphatic heterocycles. The molecule has 2 fully saturated rings. The Morgan fingerprint density at radius 1 is 1.20 bits per heavy atom. The quantitative estimate of drug-likeness (QED) is 0.784. The SMILES string of the molecule is COC(=O)NC1CCN(C(=O)C2CCC(C(=O)O)C2)C1. The smallest absolute Gasteiger partial charge is 0.407 e. The largest absolute Gasteiger partial charge is 0.481 e. The summed E-state index contributed by atoms with van der Waals surface area (Å²) in [5.74, 6) is -1.38. The number of hydrogen-bond donors (Lipinski definition) is 2. The van der Waals surface area contributed by atoms with Crippen LogP contribution in [0.1, 0.15) is 25.7 Å². The normalized spacial score (nSPS) is 29.2. The molecule has 20 heavy (non-hydrogen) atoms. The Bertz CT molecular complexity index is 412. The Hall–Kier alpha value is -1.79. The zero-order valence-electron chi connectivity index (χ0n) is 11.5. The molecule has 3 unspecified atom stereocenters.